The highest BCUT2D eigenvalue weighted by molar-refractivity contribution is 6.30. The van der Waals surface area contributed by atoms with Gasteiger partial charge in [-0.05, 0) is 68.1 Å². The van der Waals surface area contributed by atoms with Crippen molar-refractivity contribution in [2.24, 2.45) is 5.41 Å². The summed E-state index contributed by atoms with van der Waals surface area (Å²) >= 11 is 12.4. The minimum Gasteiger partial charge on any atom is -0.396 e. The van der Waals surface area contributed by atoms with E-state index in [0.717, 1.165) is 40.7 Å². The van der Waals surface area contributed by atoms with Crippen molar-refractivity contribution in [2.45, 2.75) is 38.5 Å². The number of allylic oxidation sites excluding steroid dienone is 1. The average Bonchev–Trinajstić information content (AvgIpc) is 3.62. The molecule has 0 aromatic heterocycles. The standard InChI is InChI=1S/C30H29Cl2NO3/c1-19(2)22-6-13-27-26(16-22)28(35)33(20(3)21-4-9-24(31)10-5-21)30(27,23-7-11-25(32)12-8-23)36-18-29(17-34)14-15-29/h4-13,16,20,34H,1,14-15,17-18H2,2-3H3/t20?,30-/m1/s1. The van der Waals surface area contributed by atoms with Crippen molar-refractivity contribution in [1.82, 2.24) is 4.90 Å². The van der Waals surface area contributed by atoms with Gasteiger partial charge in [0.25, 0.3) is 5.91 Å². The molecule has 1 aliphatic heterocycles. The number of carbonyl (C=O) groups is 1. The molecular formula is C30H29Cl2NO3. The summed E-state index contributed by atoms with van der Waals surface area (Å²) in [5.41, 5.74) is 3.40. The van der Waals surface area contributed by atoms with Crippen LogP contribution in [0.25, 0.3) is 5.57 Å². The van der Waals surface area contributed by atoms with Crippen LogP contribution in [-0.4, -0.2) is 29.1 Å². The molecule has 0 spiro atoms. The summed E-state index contributed by atoms with van der Waals surface area (Å²) < 4.78 is 6.86. The van der Waals surface area contributed by atoms with E-state index in [1.807, 2.05) is 85.5 Å². The number of benzene rings is 3. The molecule has 3 aromatic rings. The van der Waals surface area contributed by atoms with Crippen molar-refractivity contribution >= 4 is 34.7 Å². The largest absolute Gasteiger partial charge is 0.396 e. The van der Waals surface area contributed by atoms with Gasteiger partial charge in [-0.1, -0.05) is 71.8 Å². The van der Waals surface area contributed by atoms with Crippen LogP contribution in [0.5, 0.6) is 0 Å². The first-order valence-corrected chi connectivity index (χ1v) is 12.9. The molecule has 2 atom stereocenters. The minimum atomic E-state index is -1.20. The molecule has 1 amide bonds. The topological polar surface area (TPSA) is 49.8 Å². The summed E-state index contributed by atoms with van der Waals surface area (Å²) in [6.45, 7) is 8.37. The third kappa shape index (κ3) is 4.16. The molecule has 2 aliphatic rings. The van der Waals surface area contributed by atoms with Gasteiger partial charge in [-0.3, -0.25) is 9.69 Å². The fraction of sp³-hybridized carbons (Fsp3) is 0.300. The van der Waals surface area contributed by atoms with Crippen LogP contribution >= 0.6 is 23.2 Å². The highest BCUT2D eigenvalue weighted by atomic mass is 35.5. The number of aliphatic hydroxyl groups excluding tert-OH is 1. The Hall–Kier alpha value is -2.63. The van der Waals surface area contributed by atoms with E-state index >= 15 is 0 Å². The molecule has 1 heterocycles. The van der Waals surface area contributed by atoms with Gasteiger partial charge in [-0.2, -0.15) is 0 Å². The zero-order chi connectivity index (χ0) is 25.7. The molecule has 6 heteroatoms. The van der Waals surface area contributed by atoms with Crippen molar-refractivity contribution in [2.75, 3.05) is 13.2 Å². The molecule has 0 bridgehead atoms. The minimum absolute atomic E-state index is 0.0475. The second-order valence-corrected chi connectivity index (χ2v) is 10.9. The number of nitrogens with zero attached hydrogens (tertiary/aromatic N) is 1. The average molecular weight is 522 g/mol. The third-order valence-corrected chi connectivity index (χ3v) is 8.02. The van der Waals surface area contributed by atoms with Crippen molar-refractivity contribution in [1.29, 1.82) is 0 Å². The molecule has 4 nitrogen and oxygen atoms in total. The predicted octanol–water partition coefficient (Wildman–Crippen LogP) is 7.23. The number of hydrogen-bond donors (Lipinski definition) is 1. The molecule has 5 rings (SSSR count). The van der Waals surface area contributed by atoms with E-state index in [0.29, 0.717) is 22.2 Å². The summed E-state index contributed by atoms with van der Waals surface area (Å²) in [6.07, 6.45) is 1.78. The maximum Gasteiger partial charge on any atom is 0.257 e. The second kappa shape index (κ2) is 9.35. The number of rotatable bonds is 8. The molecule has 1 saturated carbocycles. The number of aliphatic hydroxyl groups is 1. The molecule has 3 aromatic carbocycles. The Labute approximate surface area is 222 Å². The number of ether oxygens (including phenoxy) is 1. The van der Waals surface area contributed by atoms with Gasteiger partial charge in [0.05, 0.1) is 19.3 Å². The lowest BCUT2D eigenvalue weighted by Gasteiger charge is -2.43. The SMILES string of the molecule is C=C(C)c1ccc2c(c1)C(=O)N(C(C)c1ccc(Cl)cc1)[C@@]2(OCC1(CO)CC1)c1ccc(Cl)cc1. The van der Waals surface area contributed by atoms with Gasteiger partial charge >= 0.3 is 0 Å². The van der Waals surface area contributed by atoms with Gasteiger partial charge in [-0.25, -0.2) is 0 Å². The number of hydrogen-bond acceptors (Lipinski definition) is 3. The van der Waals surface area contributed by atoms with Gasteiger partial charge < -0.3 is 9.84 Å². The summed E-state index contributed by atoms with van der Waals surface area (Å²) in [4.78, 5) is 16.1. The van der Waals surface area contributed by atoms with Crippen molar-refractivity contribution < 1.29 is 14.6 Å². The molecule has 36 heavy (non-hydrogen) atoms. The Morgan fingerprint density at radius 3 is 2.22 bits per heavy atom. The van der Waals surface area contributed by atoms with Crippen molar-refractivity contribution in [3.8, 4) is 0 Å². The molecule has 0 saturated heterocycles. The molecule has 186 valence electrons. The molecule has 1 fully saturated rings. The van der Waals surface area contributed by atoms with E-state index in [1.54, 1.807) is 0 Å². The molecule has 1 N–H and O–H groups in total. The second-order valence-electron chi connectivity index (χ2n) is 10.0. The van der Waals surface area contributed by atoms with Crippen LogP contribution in [0, 0.1) is 5.41 Å². The fourth-order valence-electron chi connectivity index (χ4n) is 5.01. The van der Waals surface area contributed by atoms with Gasteiger partial charge in [0.2, 0.25) is 0 Å². The Morgan fingerprint density at radius 1 is 1.06 bits per heavy atom. The van der Waals surface area contributed by atoms with E-state index in [9.17, 15) is 9.90 Å². The summed E-state index contributed by atoms with van der Waals surface area (Å²) in [5.74, 6) is -0.126. The molecule has 1 aliphatic carbocycles. The van der Waals surface area contributed by atoms with Crippen LogP contribution < -0.4 is 0 Å². The van der Waals surface area contributed by atoms with Crippen LogP contribution in [0.4, 0.5) is 0 Å². The monoisotopic (exact) mass is 521 g/mol. The zero-order valence-electron chi connectivity index (χ0n) is 20.4. The van der Waals surface area contributed by atoms with E-state index in [-0.39, 0.29) is 24.0 Å². The Balaban J connectivity index is 1.73. The number of fused-ring (bicyclic) bond motifs is 1. The summed E-state index contributed by atoms with van der Waals surface area (Å²) in [6, 6.07) is 20.5. The quantitative estimate of drug-likeness (QED) is 0.340. The highest BCUT2D eigenvalue weighted by Crippen LogP contribution is 2.53. The number of halogens is 2. The van der Waals surface area contributed by atoms with Crippen LogP contribution in [-0.2, 0) is 10.5 Å². The third-order valence-electron chi connectivity index (χ3n) is 7.52. The lowest BCUT2D eigenvalue weighted by molar-refractivity contribution is -0.137. The lowest BCUT2D eigenvalue weighted by atomic mass is 9.90. The Kier molecular flexibility index (Phi) is 6.50. The highest BCUT2D eigenvalue weighted by Gasteiger charge is 2.56. The van der Waals surface area contributed by atoms with Gasteiger partial charge in [0, 0.05) is 32.2 Å². The van der Waals surface area contributed by atoms with Crippen molar-refractivity contribution in [3.05, 3.63) is 111 Å². The molecule has 0 radical (unpaired) electrons. The van der Waals surface area contributed by atoms with E-state index in [2.05, 4.69) is 6.58 Å². The van der Waals surface area contributed by atoms with Crippen LogP contribution in [0.1, 0.15) is 65.3 Å². The molecule has 1 unspecified atom stereocenters. The van der Waals surface area contributed by atoms with Gasteiger partial charge in [-0.15, -0.1) is 0 Å². The number of amides is 1. The lowest BCUT2D eigenvalue weighted by Crippen LogP contribution is -2.49. The van der Waals surface area contributed by atoms with Gasteiger partial charge in [0.15, 0.2) is 5.72 Å². The fourth-order valence-corrected chi connectivity index (χ4v) is 5.26. The Bertz CT molecular complexity index is 1320. The normalized spacial score (nSPS) is 20.8. The van der Waals surface area contributed by atoms with Crippen LogP contribution in [0.2, 0.25) is 10.0 Å². The maximum atomic E-state index is 14.2. The van der Waals surface area contributed by atoms with E-state index in [1.165, 1.54) is 0 Å². The predicted molar refractivity (Wildman–Crippen MR) is 144 cm³/mol. The van der Waals surface area contributed by atoms with E-state index < -0.39 is 5.72 Å². The van der Waals surface area contributed by atoms with Crippen molar-refractivity contribution in [3.63, 3.8) is 0 Å². The van der Waals surface area contributed by atoms with E-state index in [4.69, 9.17) is 27.9 Å². The van der Waals surface area contributed by atoms with Gasteiger partial charge in [0.1, 0.15) is 0 Å². The smallest absolute Gasteiger partial charge is 0.257 e. The summed E-state index contributed by atoms with van der Waals surface area (Å²) in [7, 11) is 0. The first-order chi connectivity index (χ1) is 17.2. The summed E-state index contributed by atoms with van der Waals surface area (Å²) in [5, 5.41) is 11.3. The first-order valence-electron chi connectivity index (χ1n) is 12.1. The van der Waals surface area contributed by atoms with Crippen LogP contribution in [0.15, 0.2) is 73.3 Å². The van der Waals surface area contributed by atoms with Crippen LogP contribution in [0.3, 0.4) is 0 Å². The first kappa shape index (κ1) is 25.0. The number of carbonyl (C=O) groups excluding carboxylic acids is 1. The molecular weight excluding hydrogens is 493 g/mol. The maximum absolute atomic E-state index is 14.2. The zero-order valence-corrected chi connectivity index (χ0v) is 21.9. The Morgan fingerprint density at radius 2 is 1.67 bits per heavy atom.